The van der Waals surface area contributed by atoms with Gasteiger partial charge in [0.15, 0.2) is 14.6 Å². The van der Waals surface area contributed by atoms with E-state index < -0.39 is 14.6 Å². The van der Waals surface area contributed by atoms with Crippen LogP contribution in [-0.2, 0) is 9.84 Å². The van der Waals surface area contributed by atoms with Crippen LogP contribution in [0.3, 0.4) is 0 Å². The van der Waals surface area contributed by atoms with Crippen LogP contribution in [0, 0.1) is 17.2 Å². The predicted molar refractivity (Wildman–Crippen MR) is 71.5 cm³/mol. The number of sulfone groups is 1. The highest BCUT2D eigenvalue weighted by Gasteiger charge is 2.54. The first kappa shape index (κ1) is 13.9. The molecule has 19 heavy (non-hydrogen) atoms. The molecule has 1 fully saturated rings. The lowest BCUT2D eigenvalue weighted by molar-refractivity contribution is 0.256. The third-order valence-corrected chi connectivity index (χ3v) is 6.21. The molecule has 0 radical (unpaired) electrons. The molecular weight excluding hydrogens is 262 g/mol. The summed E-state index contributed by atoms with van der Waals surface area (Å²) in [6.45, 7) is 2.02. The van der Waals surface area contributed by atoms with Gasteiger partial charge in [-0.3, -0.25) is 0 Å². The van der Waals surface area contributed by atoms with E-state index >= 15 is 0 Å². The number of methoxy groups -OCH3 is 1. The maximum absolute atomic E-state index is 12.6. The summed E-state index contributed by atoms with van der Waals surface area (Å²) in [5.74, 6) is 0.820. The van der Waals surface area contributed by atoms with Crippen LogP contribution in [0.15, 0.2) is 29.2 Å². The Labute approximate surface area is 113 Å². The number of ether oxygens (including phenoxy) is 1. The van der Waals surface area contributed by atoms with Crippen molar-refractivity contribution in [1.29, 1.82) is 5.26 Å². The third kappa shape index (κ3) is 2.10. The summed E-state index contributed by atoms with van der Waals surface area (Å²) in [5.41, 5.74) is 0. The van der Waals surface area contributed by atoms with E-state index in [2.05, 4.69) is 0 Å². The van der Waals surface area contributed by atoms with Crippen molar-refractivity contribution in [2.75, 3.05) is 7.11 Å². The Morgan fingerprint density at radius 3 is 2.68 bits per heavy atom. The standard InChI is InChI=1S/C14H17NO3S/c1-3-11-8-14(9-11,10-15)19(16,17)13-6-4-5-12(7-13)18-2/h4-7,11H,3,8-9H2,1-2H3. The van der Waals surface area contributed by atoms with Gasteiger partial charge in [0, 0.05) is 0 Å². The molecule has 0 heterocycles. The van der Waals surface area contributed by atoms with E-state index in [1.165, 1.54) is 19.2 Å². The molecule has 1 saturated carbocycles. The zero-order valence-electron chi connectivity index (χ0n) is 11.1. The second kappa shape index (κ2) is 4.86. The summed E-state index contributed by atoms with van der Waals surface area (Å²) in [5, 5.41) is 9.31. The Balaban J connectivity index is 2.40. The average molecular weight is 279 g/mol. The lowest BCUT2D eigenvalue weighted by Crippen LogP contribution is -2.49. The highest BCUT2D eigenvalue weighted by atomic mass is 32.2. The van der Waals surface area contributed by atoms with E-state index in [-0.39, 0.29) is 4.90 Å². The smallest absolute Gasteiger partial charge is 0.197 e. The molecule has 4 nitrogen and oxygen atoms in total. The van der Waals surface area contributed by atoms with Gasteiger partial charge >= 0.3 is 0 Å². The van der Waals surface area contributed by atoms with E-state index in [0.29, 0.717) is 24.5 Å². The van der Waals surface area contributed by atoms with Crippen molar-refractivity contribution in [2.24, 2.45) is 5.92 Å². The van der Waals surface area contributed by atoms with Crippen LogP contribution < -0.4 is 4.74 Å². The Bertz CT molecular complexity index is 610. The van der Waals surface area contributed by atoms with Crippen LogP contribution in [0.5, 0.6) is 5.75 Å². The van der Waals surface area contributed by atoms with Crippen LogP contribution in [0.25, 0.3) is 0 Å². The molecule has 0 atom stereocenters. The number of nitrogens with zero attached hydrogens (tertiary/aromatic N) is 1. The summed E-state index contributed by atoms with van der Waals surface area (Å²) < 4.78 is 29.0. The molecule has 0 bridgehead atoms. The molecular formula is C14H17NO3S. The van der Waals surface area contributed by atoms with Crippen molar-refractivity contribution >= 4 is 9.84 Å². The van der Waals surface area contributed by atoms with Crippen LogP contribution in [0.4, 0.5) is 0 Å². The Kier molecular flexibility index (Phi) is 3.55. The Morgan fingerprint density at radius 1 is 1.47 bits per heavy atom. The SMILES string of the molecule is CCC1CC(C#N)(S(=O)(=O)c2cccc(OC)c2)C1. The van der Waals surface area contributed by atoms with Crippen molar-refractivity contribution < 1.29 is 13.2 Å². The summed E-state index contributed by atoms with van der Waals surface area (Å²) in [6, 6.07) is 8.35. The van der Waals surface area contributed by atoms with Crippen molar-refractivity contribution in [3.8, 4) is 11.8 Å². The summed E-state index contributed by atoms with van der Waals surface area (Å²) >= 11 is 0. The molecule has 0 spiro atoms. The molecule has 5 heteroatoms. The third-order valence-electron chi connectivity index (χ3n) is 3.88. The van der Waals surface area contributed by atoms with Gasteiger partial charge in [-0.1, -0.05) is 19.4 Å². The quantitative estimate of drug-likeness (QED) is 0.849. The lowest BCUT2D eigenvalue weighted by Gasteiger charge is -2.41. The fourth-order valence-corrected chi connectivity index (χ4v) is 4.54. The topological polar surface area (TPSA) is 67.2 Å². The summed E-state index contributed by atoms with van der Waals surface area (Å²) in [4.78, 5) is 0.169. The molecule has 1 aromatic carbocycles. The molecule has 0 N–H and O–H groups in total. The van der Waals surface area contributed by atoms with Crippen molar-refractivity contribution in [2.45, 2.75) is 35.8 Å². The molecule has 0 aromatic heterocycles. The van der Waals surface area contributed by atoms with Gasteiger partial charge in [0.2, 0.25) is 0 Å². The number of benzene rings is 1. The Hall–Kier alpha value is -1.54. The molecule has 2 rings (SSSR count). The molecule has 0 amide bonds. The van der Waals surface area contributed by atoms with Crippen molar-refractivity contribution in [3.63, 3.8) is 0 Å². The highest BCUT2D eigenvalue weighted by molar-refractivity contribution is 7.93. The molecule has 1 aliphatic carbocycles. The lowest BCUT2D eigenvalue weighted by atomic mass is 9.73. The van der Waals surface area contributed by atoms with Crippen LogP contribution in [-0.4, -0.2) is 20.3 Å². The van der Waals surface area contributed by atoms with Gasteiger partial charge in [-0.05, 0) is 37.0 Å². The first-order valence-corrected chi connectivity index (χ1v) is 7.77. The maximum atomic E-state index is 12.6. The van der Waals surface area contributed by atoms with Gasteiger partial charge in [-0.15, -0.1) is 0 Å². The van der Waals surface area contributed by atoms with Crippen molar-refractivity contribution in [3.05, 3.63) is 24.3 Å². The maximum Gasteiger partial charge on any atom is 0.197 e. The summed E-state index contributed by atoms with van der Waals surface area (Å²) in [7, 11) is -2.14. The second-order valence-electron chi connectivity index (χ2n) is 4.97. The largest absolute Gasteiger partial charge is 0.497 e. The van der Waals surface area contributed by atoms with Gasteiger partial charge < -0.3 is 4.74 Å². The van der Waals surface area contributed by atoms with Gasteiger partial charge in [0.1, 0.15) is 5.75 Å². The van der Waals surface area contributed by atoms with Crippen molar-refractivity contribution in [1.82, 2.24) is 0 Å². The average Bonchev–Trinajstić information content (AvgIpc) is 2.38. The fraction of sp³-hybridized carbons (Fsp3) is 0.500. The Morgan fingerprint density at radius 2 is 2.16 bits per heavy atom. The molecule has 0 saturated heterocycles. The molecule has 1 aromatic rings. The minimum absolute atomic E-state index is 0.169. The molecule has 1 aliphatic rings. The number of rotatable bonds is 4. The first-order valence-electron chi connectivity index (χ1n) is 6.29. The van der Waals surface area contributed by atoms with E-state index in [1.807, 2.05) is 13.0 Å². The first-order chi connectivity index (χ1) is 8.99. The number of hydrogen-bond donors (Lipinski definition) is 0. The van der Waals surface area contributed by atoms with Crippen LogP contribution >= 0.6 is 0 Å². The highest BCUT2D eigenvalue weighted by Crippen LogP contribution is 2.47. The zero-order valence-corrected chi connectivity index (χ0v) is 11.9. The van der Waals surface area contributed by atoms with Crippen LogP contribution in [0.1, 0.15) is 26.2 Å². The van der Waals surface area contributed by atoms with Gasteiger partial charge in [-0.25, -0.2) is 8.42 Å². The van der Waals surface area contributed by atoms with Gasteiger partial charge in [0.05, 0.1) is 18.1 Å². The normalized spacial score (nSPS) is 26.3. The minimum atomic E-state index is -3.63. The van der Waals surface area contributed by atoms with E-state index in [4.69, 9.17) is 4.74 Å². The minimum Gasteiger partial charge on any atom is -0.497 e. The zero-order chi connectivity index (χ0) is 14.1. The summed E-state index contributed by atoms with van der Waals surface area (Å²) in [6.07, 6.45) is 1.77. The monoisotopic (exact) mass is 279 g/mol. The fourth-order valence-electron chi connectivity index (χ4n) is 2.53. The van der Waals surface area contributed by atoms with Crippen LogP contribution in [0.2, 0.25) is 0 Å². The second-order valence-corrected chi connectivity index (χ2v) is 7.23. The van der Waals surface area contributed by atoms with E-state index in [9.17, 15) is 13.7 Å². The van der Waals surface area contributed by atoms with E-state index in [0.717, 1.165) is 6.42 Å². The number of hydrogen-bond acceptors (Lipinski definition) is 4. The van der Waals surface area contributed by atoms with E-state index in [1.54, 1.807) is 12.1 Å². The van der Waals surface area contributed by atoms with Gasteiger partial charge in [-0.2, -0.15) is 5.26 Å². The molecule has 0 unspecified atom stereocenters. The predicted octanol–water partition coefficient (Wildman–Crippen LogP) is 2.55. The number of nitriles is 1. The molecule has 0 aliphatic heterocycles. The van der Waals surface area contributed by atoms with Gasteiger partial charge in [0.25, 0.3) is 0 Å². The molecule has 102 valence electrons.